The fourth-order valence-electron chi connectivity index (χ4n) is 7.39. The minimum absolute atomic E-state index is 0.00731. The van der Waals surface area contributed by atoms with E-state index in [1.54, 1.807) is 0 Å². The predicted octanol–water partition coefficient (Wildman–Crippen LogP) is 3.73. The van der Waals surface area contributed by atoms with E-state index in [0.717, 1.165) is 68.6 Å². The van der Waals surface area contributed by atoms with Crippen LogP contribution >= 0.6 is 0 Å². The van der Waals surface area contributed by atoms with Gasteiger partial charge in [0.1, 0.15) is 0 Å². The van der Waals surface area contributed by atoms with E-state index >= 15 is 0 Å². The Bertz CT molecular complexity index is 783. The Morgan fingerprint density at radius 1 is 1.00 bits per heavy atom. The minimum atomic E-state index is -0.0960. The van der Waals surface area contributed by atoms with Crippen molar-refractivity contribution in [1.82, 2.24) is 15.5 Å². The summed E-state index contributed by atoms with van der Waals surface area (Å²) >= 11 is 0. The standard InChI is InChI=1S/C26H37N3O2/c1-2-29-9-3-4-23(29)17-27-24(30)22-7-5-18(6-8-22)16-28-25(31)26-13-19-10-20(14-26)12-21(11-19)15-26/h5-8,19-21,23H,2-4,9-17H2,1H3,(H,27,30)(H,28,31). The first-order valence-electron chi connectivity index (χ1n) is 12.4. The smallest absolute Gasteiger partial charge is 0.251 e. The van der Waals surface area contributed by atoms with Crippen LogP contribution in [0.4, 0.5) is 0 Å². The predicted molar refractivity (Wildman–Crippen MR) is 121 cm³/mol. The van der Waals surface area contributed by atoms with Crippen molar-refractivity contribution in [3.63, 3.8) is 0 Å². The van der Waals surface area contributed by atoms with Crippen molar-refractivity contribution < 1.29 is 9.59 Å². The van der Waals surface area contributed by atoms with Crippen molar-refractivity contribution in [1.29, 1.82) is 0 Å². The van der Waals surface area contributed by atoms with Gasteiger partial charge < -0.3 is 10.6 Å². The highest BCUT2D eigenvalue weighted by Crippen LogP contribution is 2.60. The van der Waals surface area contributed by atoms with Crippen molar-refractivity contribution in [2.45, 2.75) is 70.9 Å². The summed E-state index contributed by atoms with van der Waals surface area (Å²) in [4.78, 5) is 28.1. The summed E-state index contributed by atoms with van der Waals surface area (Å²) in [5.74, 6) is 2.60. The SMILES string of the molecule is CCN1CCCC1CNC(=O)c1ccc(CNC(=O)C23CC4CC(CC(C4)C2)C3)cc1. The zero-order valence-electron chi connectivity index (χ0n) is 18.9. The molecule has 168 valence electrons. The topological polar surface area (TPSA) is 61.4 Å². The molecule has 0 aromatic heterocycles. The minimum Gasteiger partial charge on any atom is -0.352 e. The number of carbonyl (C=O) groups excluding carboxylic acids is 2. The first-order valence-corrected chi connectivity index (χ1v) is 12.4. The van der Waals surface area contributed by atoms with Gasteiger partial charge >= 0.3 is 0 Å². The number of rotatable bonds is 7. The largest absolute Gasteiger partial charge is 0.352 e. The Labute approximate surface area is 186 Å². The third-order valence-corrected chi connectivity index (χ3v) is 8.59. The van der Waals surface area contributed by atoms with E-state index in [0.29, 0.717) is 18.2 Å². The maximum atomic E-state index is 13.1. The number of nitrogens with zero attached hydrogens (tertiary/aromatic N) is 1. The first-order chi connectivity index (χ1) is 15.0. The van der Waals surface area contributed by atoms with E-state index in [1.807, 2.05) is 24.3 Å². The second kappa shape index (κ2) is 8.57. The molecular formula is C26H37N3O2. The van der Waals surface area contributed by atoms with Crippen LogP contribution in [0.15, 0.2) is 24.3 Å². The second-order valence-electron chi connectivity index (χ2n) is 10.7. The fraction of sp³-hybridized carbons (Fsp3) is 0.692. The van der Waals surface area contributed by atoms with Gasteiger partial charge in [-0.3, -0.25) is 14.5 Å². The molecule has 4 saturated carbocycles. The lowest BCUT2D eigenvalue weighted by Gasteiger charge is -2.55. The molecule has 1 atom stereocenters. The summed E-state index contributed by atoms with van der Waals surface area (Å²) in [7, 11) is 0. The molecule has 5 heteroatoms. The van der Waals surface area contributed by atoms with Gasteiger partial charge in [-0.2, -0.15) is 0 Å². The van der Waals surface area contributed by atoms with Crippen molar-refractivity contribution in [3.8, 4) is 0 Å². The molecule has 5 fully saturated rings. The molecule has 5 aliphatic rings. The van der Waals surface area contributed by atoms with Crippen LogP contribution in [0.2, 0.25) is 0 Å². The quantitative estimate of drug-likeness (QED) is 0.702. The molecule has 1 saturated heterocycles. The molecular weight excluding hydrogens is 386 g/mol. The molecule has 1 aromatic carbocycles. The average molecular weight is 424 g/mol. The Kier molecular flexibility index (Phi) is 5.80. The Morgan fingerprint density at radius 2 is 1.65 bits per heavy atom. The number of likely N-dealkylation sites (tertiary alicyclic amines) is 1. The van der Waals surface area contributed by atoms with Gasteiger partial charge in [-0.15, -0.1) is 0 Å². The molecule has 2 amide bonds. The molecule has 5 nitrogen and oxygen atoms in total. The average Bonchev–Trinajstić information content (AvgIpc) is 3.23. The molecule has 2 N–H and O–H groups in total. The van der Waals surface area contributed by atoms with Crippen LogP contribution in [0.25, 0.3) is 0 Å². The summed E-state index contributed by atoms with van der Waals surface area (Å²) in [6.45, 7) is 5.64. The lowest BCUT2D eigenvalue weighted by molar-refractivity contribution is -0.146. The normalized spacial score (nSPS) is 34.1. The monoisotopic (exact) mass is 423 g/mol. The Balaban J connectivity index is 1.12. The summed E-state index contributed by atoms with van der Waals surface area (Å²) < 4.78 is 0. The van der Waals surface area contributed by atoms with Crippen LogP contribution in [-0.2, 0) is 11.3 Å². The van der Waals surface area contributed by atoms with Crippen molar-refractivity contribution in [2.24, 2.45) is 23.2 Å². The van der Waals surface area contributed by atoms with Gasteiger partial charge in [-0.05, 0) is 99.9 Å². The molecule has 4 aliphatic carbocycles. The van der Waals surface area contributed by atoms with E-state index in [4.69, 9.17) is 0 Å². The molecule has 1 aromatic rings. The fourth-order valence-corrected chi connectivity index (χ4v) is 7.39. The van der Waals surface area contributed by atoms with E-state index in [-0.39, 0.29) is 17.2 Å². The highest BCUT2D eigenvalue weighted by atomic mass is 16.2. The number of amides is 2. The maximum Gasteiger partial charge on any atom is 0.251 e. The number of hydrogen-bond acceptors (Lipinski definition) is 3. The van der Waals surface area contributed by atoms with Crippen LogP contribution < -0.4 is 10.6 Å². The van der Waals surface area contributed by atoms with Gasteiger partial charge in [-0.1, -0.05) is 19.1 Å². The van der Waals surface area contributed by atoms with Gasteiger partial charge in [0.25, 0.3) is 5.91 Å². The van der Waals surface area contributed by atoms with E-state index in [2.05, 4.69) is 22.5 Å². The third kappa shape index (κ3) is 4.26. The summed E-state index contributed by atoms with van der Waals surface area (Å²) in [6, 6.07) is 8.18. The molecule has 1 heterocycles. The van der Waals surface area contributed by atoms with Crippen molar-refractivity contribution in [3.05, 3.63) is 35.4 Å². The summed E-state index contributed by atoms with van der Waals surface area (Å²) in [5.41, 5.74) is 1.65. The summed E-state index contributed by atoms with van der Waals surface area (Å²) in [6.07, 6.45) is 9.74. The number of benzene rings is 1. The maximum absolute atomic E-state index is 13.1. The van der Waals surface area contributed by atoms with E-state index < -0.39 is 0 Å². The van der Waals surface area contributed by atoms with Gasteiger partial charge in [-0.25, -0.2) is 0 Å². The number of carbonyl (C=O) groups is 2. The van der Waals surface area contributed by atoms with Crippen molar-refractivity contribution >= 4 is 11.8 Å². The highest BCUT2D eigenvalue weighted by molar-refractivity contribution is 5.94. The van der Waals surface area contributed by atoms with Crippen LogP contribution in [0.5, 0.6) is 0 Å². The second-order valence-corrected chi connectivity index (χ2v) is 10.7. The molecule has 6 rings (SSSR count). The van der Waals surface area contributed by atoms with Crippen LogP contribution in [0.1, 0.15) is 74.2 Å². The first kappa shape index (κ1) is 21.0. The van der Waals surface area contributed by atoms with Gasteiger partial charge in [0, 0.05) is 30.1 Å². The molecule has 1 aliphatic heterocycles. The van der Waals surface area contributed by atoms with Crippen LogP contribution in [-0.4, -0.2) is 42.4 Å². The van der Waals surface area contributed by atoms with E-state index in [1.165, 1.54) is 25.7 Å². The third-order valence-electron chi connectivity index (χ3n) is 8.59. The van der Waals surface area contributed by atoms with Gasteiger partial charge in [0.05, 0.1) is 0 Å². The zero-order chi connectivity index (χ0) is 21.4. The van der Waals surface area contributed by atoms with Crippen LogP contribution in [0, 0.1) is 23.2 Å². The Morgan fingerprint density at radius 3 is 2.26 bits per heavy atom. The molecule has 1 unspecified atom stereocenters. The van der Waals surface area contributed by atoms with Crippen LogP contribution in [0.3, 0.4) is 0 Å². The number of likely N-dealkylation sites (N-methyl/N-ethyl adjacent to an activating group) is 1. The molecule has 0 spiro atoms. The van der Waals surface area contributed by atoms with Gasteiger partial charge in [0.15, 0.2) is 0 Å². The Hall–Kier alpha value is -1.88. The van der Waals surface area contributed by atoms with Crippen molar-refractivity contribution in [2.75, 3.05) is 19.6 Å². The number of hydrogen-bond donors (Lipinski definition) is 2. The van der Waals surface area contributed by atoms with Gasteiger partial charge in [0.2, 0.25) is 5.91 Å². The molecule has 4 bridgehead atoms. The summed E-state index contributed by atoms with van der Waals surface area (Å²) in [5, 5.41) is 6.33. The van der Waals surface area contributed by atoms with E-state index in [9.17, 15) is 9.59 Å². The molecule has 31 heavy (non-hydrogen) atoms. The molecule has 0 radical (unpaired) electrons. The lowest BCUT2D eigenvalue weighted by atomic mass is 9.49. The highest BCUT2D eigenvalue weighted by Gasteiger charge is 2.54. The lowest BCUT2D eigenvalue weighted by Crippen LogP contribution is -2.53. The number of nitrogens with one attached hydrogen (secondary N) is 2. The zero-order valence-corrected chi connectivity index (χ0v) is 18.9.